The van der Waals surface area contributed by atoms with Crippen molar-refractivity contribution in [3.8, 4) is 5.75 Å². The van der Waals surface area contributed by atoms with Gasteiger partial charge in [-0.1, -0.05) is 61.5 Å². The minimum atomic E-state index is -4.50. The summed E-state index contributed by atoms with van der Waals surface area (Å²) in [5.74, 6) is -3.80. The molecule has 4 heterocycles. The number of ether oxygens (including phenoxy) is 1. The lowest BCUT2D eigenvalue weighted by molar-refractivity contribution is -0.148. The Bertz CT molecular complexity index is 2540. The third kappa shape index (κ3) is 10.5. The molecule has 3 saturated heterocycles. The van der Waals surface area contributed by atoms with Crippen LogP contribution in [-0.2, 0) is 23.7 Å². The Labute approximate surface area is 406 Å². The number of thiophene rings is 1. The van der Waals surface area contributed by atoms with Crippen LogP contribution in [0.4, 0.5) is 13.2 Å². The summed E-state index contributed by atoms with van der Waals surface area (Å²) >= 11 is 1.17. The summed E-state index contributed by atoms with van der Waals surface area (Å²) in [6.45, 7) is 4.66. The smallest absolute Gasteiger partial charge is 0.355 e. The molecule has 8 atom stereocenters. The van der Waals surface area contributed by atoms with E-state index in [2.05, 4.69) is 32.3 Å². The fourth-order valence-electron chi connectivity index (χ4n) is 11.3. The zero-order valence-corrected chi connectivity index (χ0v) is 41.2. The fourth-order valence-corrected chi connectivity index (χ4v) is 14.2. The second kappa shape index (κ2) is 20.5. The lowest BCUT2D eigenvalue weighted by Crippen LogP contribution is -2.59. The second-order valence-electron chi connectivity index (χ2n) is 20.1. The van der Waals surface area contributed by atoms with Gasteiger partial charge in [-0.05, 0) is 137 Å². The molecule has 9 rings (SSSR count). The molecule has 3 aromatic carbocycles. The van der Waals surface area contributed by atoms with Gasteiger partial charge < -0.3 is 29.3 Å². The van der Waals surface area contributed by atoms with E-state index in [1.165, 1.54) is 48.1 Å². The van der Waals surface area contributed by atoms with Crippen LogP contribution in [0.2, 0.25) is 0 Å². The summed E-state index contributed by atoms with van der Waals surface area (Å²) in [6, 6.07) is 21.6. The molecule has 0 bridgehead atoms. The number of para-hydroxylation sites is 1. The Kier molecular flexibility index (Phi) is 14.6. The predicted molar refractivity (Wildman–Crippen MR) is 259 cm³/mol. The molecule has 3 amide bonds. The van der Waals surface area contributed by atoms with Crippen molar-refractivity contribution in [3.05, 3.63) is 101 Å². The zero-order valence-electron chi connectivity index (χ0n) is 39.4. The Balaban J connectivity index is 0.948. The topological polar surface area (TPSA) is 138 Å². The maximum atomic E-state index is 16.7. The monoisotopic (exact) mass is 989 g/mol. The first-order valence-electron chi connectivity index (χ1n) is 24.6. The molecule has 17 heteroatoms. The van der Waals surface area contributed by atoms with Gasteiger partial charge in [0.05, 0.1) is 11.5 Å². The number of likely N-dealkylation sites (tertiary alicyclic amines) is 1. The summed E-state index contributed by atoms with van der Waals surface area (Å²) < 4.78 is 69.7. The maximum Gasteiger partial charge on any atom is 0.355 e. The largest absolute Gasteiger partial charge is 0.465 e. The van der Waals surface area contributed by atoms with E-state index in [1.54, 1.807) is 35.2 Å². The molecule has 5 fully saturated rings. The molecule has 2 N–H and O–H groups in total. The van der Waals surface area contributed by atoms with Gasteiger partial charge in [0.2, 0.25) is 24.2 Å². The Morgan fingerprint density at radius 1 is 0.942 bits per heavy atom. The van der Waals surface area contributed by atoms with Crippen molar-refractivity contribution < 1.29 is 46.2 Å². The molecule has 12 nitrogen and oxygen atoms in total. The highest BCUT2D eigenvalue weighted by atomic mass is 32.1. The molecule has 3 aliphatic heterocycles. The molecule has 69 heavy (non-hydrogen) atoms. The van der Waals surface area contributed by atoms with Gasteiger partial charge in [0.15, 0.2) is 0 Å². The van der Waals surface area contributed by atoms with Crippen LogP contribution in [0.3, 0.4) is 0 Å². The van der Waals surface area contributed by atoms with Crippen LogP contribution < -0.4 is 14.9 Å². The Morgan fingerprint density at radius 3 is 2.36 bits per heavy atom. The number of amides is 3. The van der Waals surface area contributed by atoms with E-state index in [0.29, 0.717) is 74.5 Å². The molecular weight excluding hydrogens is 927 g/mol. The highest BCUT2D eigenvalue weighted by Crippen LogP contribution is 2.58. The van der Waals surface area contributed by atoms with Crippen LogP contribution in [0.5, 0.6) is 5.75 Å². The predicted octanol–water partition coefficient (Wildman–Crippen LogP) is 9.86. The summed E-state index contributed by atoms with van der Waals surface area (Å²) in [5.41, 5.74) is 1.00. The van der Waals surface area contributed by atoms with Crippen LogP contribution in [-0.4, -0.2) is 107 Å². The van der Waals surface area contributed by atoms with Gasteiger partial charge >= 0.3 is 13.5 Å². The summed E-state index contributed by atoms with van der Waals surface area (Å²) in [7, 11) is -2.48. The number of carbonyl (C=O) groups is 4. The minimum absolute atomic E-state index is 0.00184. The Morgan fingerprint density at radius 2 is 1.67 bits per heavy atom. The lowest BCUT2D eigenvalue weighted by atomic mass is 9.74. The van der Waals surface area contributed by atoms with E-state index in [4.69, 9.17) is 9.26 Å². The quantitative estimate of drug-likeness (QED) is 0.0783. The number of esters is 1. The van der Waals surface area contributed by atoms with Gasteiger partial charge in [-0.25, -0.2) is 18.3 Å². The molecule has 2 saturated carbocycles. The first-order valence-corrected chi connectivity index (χ1v) is 27.1. The third-order valence-electron chi connectivity index (χ3n) is 15.2. The van der Waals surface area contributed by atoms with E-state index >= 15 is 4.39 Å². The standard InChI is InChI=1S/C52H63F3N5O7PS/c1-4-23-66-51(64)32(2)57-68(65,67-41-13-9-6-10-14-41)47(55)35-15-20-44-36(26-35)27-45(69-44)48(61)56-42-18-16-39(58(3)30-33-24-37(25-33)46(53)54)28-40-17-19-43(60(40)49(42)62)50(63)59-31-38(29-52(59)21-22-52)34-11-7-5-8-12-34/h5-15,20,26-27,32-33,37-40,42-43,46-47H,4,16-19,21-25,28-31H2,1-3H3,(H,56,61)(H,57,65)/t32-,33?,37?,38+,39-,40+,42-,43-,47+,68?/m0/s1. The molecule has 1 aromatic heterocycles. The van der Waals surface area contributed by atoms with E-state index in [0.717, 1.165) is 19.3 Å². The van der Waals surface area contributed by atoms with E-state index in [9.17, 15) is 32.5 Å². The van der Waals surface area contributed by atoms with Crippen molar-refractivity contribution in [3.63, 3.8) is 0 Å². The molecule has 1 spiro atoms. The molecule has 1 unspecified atom stereocenters. The zero-order chi connectivity index (χ0) is 48.6. The summed E-state index contributed by atoms with van der Waals surface area (Å²) in [4.78, 5) is 63.2. The number of hydrogen-bond donors (Lipinski definition) is 2. The number of nitrogens with one attached hydrogen (secondary N) is 2. The highest BCUT2D eigenvalue weighted by Gasteiger charge is 2.59. The van der Waals surface area contributed by atoms with Crippen molar-refractivity contribution in [1.29, 1.82) is 0 Å². The highest BCUT2D eigenvalue weighted by molar-refractivity contribution is 7.57. The molecular formula is C52H63F3N5O7PS. The first-order chi connectivity index (χ1) is 33.1. The van der Waals surface area contributed by atoms with Crippen LogP contribution in [0.1, 0.15) is 117 Å². The maximum absolute atomic E-state index is 16.7. The van der Waals surface area contributed by atoms with Crippen LogP contribution >= 0.6 is 18.9 Å². The first kappa shape index (κ1) is 49.2. The summed E-state index contributed by atoms with van der Waals surface area (Å²) in [5, 5.41) is 6.15. The van der Waals surface area contributed by atoms with Crippen molar-refractivity contribution in [2.75, 3.05) is 26.7 Å². The summed E-state index contributed by atoms with van der Waals surface area (Å²) in [6.07, 6.45) is 4.66. The molecule has 4 aromatic rings. The van der Waals surface area contributed by atoms with Gasteiger partial charge in [-0.15, -0.1) is 11.3 Å². The number of carbonyl (C=O) groups excluding carboxylic acids is 4. The van der Waals surface area contributed by atoms with Gasteiger partial charge in [0.1, 0.15) is 23.9 Å². The molecule has 5 aliphatic rings. The second-order valence-corrected chi connectivity index (χ2v) is 23.3. The average molecular weight is 990 g/mol. The van der Waals surface area contributed by atoms with Gasteiger partial charge in [-0.2, -0.15) is 0 Å². The number of halogens is 3. The fraction of sp³-hybridized carbons (Fsp3) is 0.538. The van der Waals surface area contributed by atoms with Crippen molar-refractivity contribution in [2.45, 2.75) is 138 Å². The van der Waals surface area contributed by atoms with Gasteiger partial charge in [0, 0.05) is 47.2 Å². The number of alkyl halides is 3. The van der Waals surface area contributed by atoms with Crippen molar-refractivity contribution in [1.82, 2.24) is 25.1 Å². The van der Waals surface area contributed by atoms with Crippen molar-refractivity contribution >= 4 is 52.6 Å². The number of fused-ring (bicyclic) bond motifs is 2. The number of rotatable bonds is 17. The molecule has 370 valence electrons. The Hall–Kier alpha value is -4.76. The van der Waals surface area contributed by atoms with Crippen LogP contribution in [0.15, 0.2) is 84.9 Å². The minimum Gasteiger partial charge on any atom is -0.465 e. The third-order valence-corrected chi connectivity index (χ3v) is 18.5. The molecule has 2 aliphatic carbocycles. The molecule has 0 radical (unpaired) electrons. The van der Waals surface area contributed by atoms with Gasteiger partial charge in [0.25, 0.3) is 5.91 Å². The SMILES string of the molecule is CCCOC(=O)[C@H](C)NP(=O)(Oc1ccccc1)[C@@H](F)c1ccc2sc(C(=O)N[C@H]3CC[C@H](N(C)CC4CC(C(F)F)C4)C[C@H]4CC[C@@H](C(=O)N5C[C@H](c6ccccc6)CC56CC6)N4C3=O)cc2c1. The average Bonchev–Trinajstić information content (AvgIpc) is 3.60. The normalized spacial score (nSPS) is 27.0. The number of benzene rings is 3. The number of hydrogen-bond acceptors (Lipinski definition) is 9. The number of nitrogens with zero attached hydrogens (tertiary/aromatic N) is 3. The lowest BCUT2D eigenvalue weighted by Gasteiger charge is -2.43. The van der Waals surface area contributed by atoms with Crippen molar-refractivity contribution in [2.24, 2.45) is 11.8 Å². The van der Waals surface area contributed by atoms with E-state index in [-0.39, 0.29) is 64.1 Å². The van der Waals surface area contributed by atoms with E-state index in [1.807, 2.05) is 32.2 Å². The van der Waals surface area contributed by atoms with Gasteiger partial charge in [-0.3, -0.25) is 23.7 Å². The van der Waals surface area contributed by atoms with Crippen LogP contribution in [0, 0.1) is 11.8 Å². The van der Waals surface area contributed by atoms with E-state index < -0.39 is 55.8 Å². The van der Waals surface area contributed by atoms with Crippen LogP contribution in [0.25, 0.3) is 10.1 Å².